The Morgan fingerprint density at radius 3 is 2.72 bits per heavy atom. The van der Waals surface area contributed by atoms with Gasteiger partial charge in [0.2, 0.25) is 5.91 Å². The average Bonchev–Trinajstić information content (AvgIpc) is 3.36. The predicted octanol–water partition coefficient (Wildman–Crippen LogP) is 3.23. The molecule has 29 heavy (non-hydrogen) atoms. The molecule has 0 aliphatic rings. The summed E-state index contributed by atoms with van der Waals surface area (Å²) < 4.78 is 30.3. The number of amides is 2. The number of carbonyl (C=O) groups excluding carboxylic acids is 2. The van der Waals surface area contributed by atoms with Crippen LogP contribution in [0.15, 0.2) is 53.3 Å². The fourth-order valence-corrected chi connectivity index (χ4v) is 3.79. The molecule has 0 aliphatic carbocycles. The van der Waals surface area contributed by atoms with Crippen molar-refractivity contribution < 1.29 is 23.1 Å². The van der Waals surface area contributed by atoms with Gasteiger partial charge in [-0.15, -0.1) is 21.5 Å². The lowest BCUT2D eigenvalue weighted by Gasteiger charge is -2.07. The number of nitrogens with zero attached hydrogens (tertiary/aromatic N) is 3. The van der Waals surface area contributed by atoms with Crippen LogP contribution in [0.5, 0.6) is 5.75 Å². The van der Waals surface area contributed by atoms with Crippen LogP contribution in [-0.4, -0.2) is 38.9 Å². The van der Waals surface area contributed by atoms with Crippen molar-refractivity contribution in [1.82, 2.24) is 20.1 Å². The average molecular weight is 438 g/mol. The van der Waals surface area contributed by atoms with E-state index < -0.39 is 18.4 Å². The van der Waals surface area contributed by atoms with E-state index in [9.17, 15) is 18.4 Å². The molecule has 152 valence electrons. The summed E-state index contributed by atoms with van der Waals surface area (Å²) in [6, 6.07) is 9.10. The zero-order chi connectivity index (χ0) is 20.6. The number of imide groups is 1. The first-order valence-electron chi connectivity index (χ1n) is 8.43. The molecular formula is C18H16F2N4O3S2. The van der Waals surface area contributed by atoms with E-state index in [0.29, 0.717) is 11.7 Å². The molecule has 0 saturated heterocycles. The highest BCUT2D eigenvalue weighted by molar-refractivity contribution is 7.99. The van der Waals surface area contributed by atoms with Crippen molar-refractivity contribution in [2.24, 2.45) is 0 Å². The monoisotopic (exact) mass is 438 g/mol. The summed E-state index contributed by atoms with van der Waals surface area (Å²) in [5.41, 5.74) is 0.157. The Morgan fingerprint density at radius 2 is 2.03 bits per heavy atom. The number of aryl methyl sites for hydroxylation is 2. The van der Waals surface area contributed by atoms with Crippen LogP contribution in [0.1, 0.15) is 15.2 Å². The van der Waals surface area contributed by atoms with Gasteiger partial charge in [0.1, 0.15) is 12.1 Å². The number of aromatic nitrogens is 3. The smallest absolute Gasteiger partial charge is 0.387 e. The number of benzene rings is 1. The third-order valence-electron chi connectivity index (χ3n) is 3.69. The highest BCUT2D eigenvalue weighted by atomic mass is 32.2. The molecule has 0 aliphatic heterocycles. The largest absolute Gasteiger partial charge is 0.435 e. The lowest BCUT2D eigenvalue weighted by Crippen LogP contribution is -2.31. The third kappa shape index (κ3) is 6.36. The number of carbonyl (C=O) groups is 2. The van der Waals surface area contributed by atoms with E-state index in [1.807, 2.05) is 22.1 Å². The Kier molecular flexibility index (Phi) is 7.30. The number of ether oxygens (including phenoxy) is 1. The van der Waals surface area contributed by atoms with Crippen molar-refractivity contribution in [3.8, 4) is 5.75 Å². The highest BCUT2D eigenvalue weighted by Gasteiger charge is 2.14. The highest BCUT2D eigenvalue weighted by Crippen LogP contribution is 2.17. The zero-order valence-corrected chi connectivity index (χ0v) is 16.6. The van der Waals surface area contributed by atoms with E-state index in [2.05, 4.69) is 20.3 Å². The maximum absolute atomic E-state index is 12.1. The van der Waals surface area contributed by atoms with Gasteiger partial charge in [0, 0.05) is 17.0 Å². The third-order valence-corrected chi connectivity index (χ3v) is 5.60. The van der Waals surface area contributed by atoms with Crippen molar-refractivity contribution in [2.75, 3.05) is 5.75 Å². The van der Waals surface area contributed by atoms with Crippen LogP contribution < -0.4 is 10.1 Å². The van der Waals surface area contributed by atoms with Gasteiger partial charge in [0.15, 0.2) is 5.16 Å². The topological polar surface area (TPSA) is 86.1 Å². The van der Waals surface area contributed by atoms with Gasteiger partial charge < -0.3 is 9.30 Å². The van der Waals surface area contributed by atoms with Crippen molar-refractivity contribution >= 4 is 34.9 Å². The minimum Gasteiger partial charge on any atom is -0.435 e. The summed E-state index contributed by atoms with van der Waals surface area (Å²) in [4.78, 5) is 25.4. The van der Waals surface area contributed by atoms with E-state index >= 15 is 0 Å². The molecule has 2 heterocycles. The summed E-state index contributed by atoms with van der Waals surface area (Å²) in [5, 5.41) is 12.7. The number of hydrogen-bond acceptors (Lipinski definition) is 7. The molecule has 1 aromatic carbocycles. The van der Waals surface area contributed by atoms with Crippen molar-refractivity contribution in [2.45, 2.75) is 24.7 Å². The molecular weight excluding hydrogens is 422 g/mol. The van der Waals surface area contributed by atoms with E-state index in [-0.39, 0.29) is 17.1 Å². The van der Waals surface area contributed by atoms with Crippen LogP contribution in [0.3, 0.4) is 0 Å². The SMILES string of the molecule is O=C(CSc1nncn1CCc1cccs1)NC(=O)c1ccc(OC(F)F)cc1. The fourth-order valence-electron chi connectivity index (χ4n) is 2.35. The van der Waals surface area contributed by atoms with Gasteiger partial charge in [-0.1, -0.05) is 17.8 Å². The first kappa shape index (κ1) is 20.9. The predicted molar refractivity (Wildman–Crippen MR) is 104 cm³/mol. The van der Waals surface area contributed by atoms with Gasteiger partial charge in [-0.05, 0) is 42.1 Å². The van der Waals surface area contributed by atoms with Crippen LogP contribution >= 0.6 is 23.1 Å². The summed E-state index contributed by atoms with van der Waals surface area (Å²) in [6.45, 7) is -2.26. The molecule has 11 heteroatoms. The van der Waals surface area contributed by atoms with E-state index in [1.54, 1.807) is 17.7 Å². The van der Waals surface area contributed by atoms with Crippen LogP contribution in [0.4, 0.5) is 8.78 Å². The van der Waals surface area contributed by atoms with Gasteiger partial charge >= 0.3 is 6.61 Å². The number of rotatable bonds is 9. The summed E-state index contributed by atoms with van der Waals surface area (Å²) in [7, 11) is 0. The minimum absolute atomic E-state index is 0.0178. The van der Waals surface area contributed by atoms with Crippen molar-refractivity contribution in [3.63, 3.8) is 0 Å². The molecule has 0 unspecified atom stereocenters. The zero-order valence-electron chi connectivity index (χ0n) is 15.0. The van der Waals surface area contributed by atoms with Gasteiger partial charge in [-0.2, -0.15) is 8.78 Å². The maximum atomic E-state index is 12.1. The van der Waals surface area contributed by atoms with Crippen molar-refractivity contribution in [1.29, 1.82) is 0 Å². The Hall–Kier alpha value is -2.79. The Bertz CT molecular complexity index is 946. The molecule has 7 nitrogen and oxygen atoms in total. The Morgan fingerprint density at radius 1 is 1.24 bits per heavy atom. The molecule has 0 spiro atoms. The van der Waals surface area contributed by atoms with E-state index in [1.165, 1.54) is 40.9 Å². The second-order valence-corrected chi connectivity index (χ2v) is 7.68. The normalized spacial score (nSPS) is 10.9. The Balaban J connectivity index is 1.47. The molecule has 2 aromatic heterocycles. The number of halogens is 2. The number of alkyl halides is 2. The molecule has 0 bridgehead atoms. The van der Waals surface area contributed by atoms with Crippen LogP contribution in [0, 0.1) is 0 Å². The molecule has 0 atom stereocenters. The second-order valence-electron chi connectivity index (χ2n) is 5.71. The summed E-state index contributed by atoms with van der Waals surface area (Å²) in [6.07, 6.45) is 2.43. The Labute approximate surface area is 173 Å². The number of thioether (sulfide) groups is 1. The van der Waals surface area contributed by atoms with Gasteiger partial charge in [0.25, 0.3) is 5.91 Å². The van der Waals surface area contributed by atoms with Crippen LogP contribution in [0.25, 0.3) is 0 Å². The quantitative estimate of drug-likeness (QED) is 0.516. The molecule has 3 rings (SSSR count). The van der Waals surface area contributed by atoms with E-state index in [4.69, 9.17) is 0 Å². The standard InChI is InChI=1S/C18H16F2N4O3S2/c19-17(20)27-13-5-3-12(4-6-13)16(26)22-15(25)10-29-18-23-21-11-24(18)8-7-14-2-1-9-28-14/h1-6,9,11,17H,7-8,10H2,(H,22,25,26). The number of thiophene rings is 1. The van der Waals surface area contributed by atoms with Crippen LogP contribution in [0.2, 0.25) is 0 Å². The van der Waals surface area contributed by atoms with Crippen LogP contribution in [-0.2, 0) is 17.8 Å². The first-order valence-corrected chi connectivity index (χ1v) is 10.3. The fraction of sp³-hybridized carbons (Fsp3) is 0.222. The van der Waals surface area contributed by atoms with Gasteiger partial charge in [-0.3, -0.25) is 14.9 Å². The lowest BCUT2D eigenvalue weighted by molar-refractivity contribution is -0.117. The number of hydrogen-bond donors (Lipinski definition) is 1. The van der Waals surface area contributed by atoms with E-state index in [0.717, 1.165) is 6.42 Å². The van der Waals surface area contributed by atoms with Crippen molar-refractivity contribution in [3.05, 3.63) is 58.5 Å². The molecule has 0 fully saturated rings. The number of nitrogens with one attached hydrogen (secondary N) is 1. The molecule has 2 amide bonds. The molecule has 0 saturated carbocycles. The summed E-state index contributed by atoms with van der Waals surface area (Å²) in [5.74, 6) is -1.21. The van der Waals surface area contributed by atoms with Gasteiger partial charge in [-0.25, -0.2) is 0 Å². The minimum atomic E-state index is -2.94. The van der Waals surface area contributed by atoms with Gasteiger partial charge in [0.05, 0.1) is 5.75 Å². The second kappa shape index (κ2) is 10.1. The summed E-state index contributed by atoms with van der Waals surface area (Å²) >= 11 is 2.84. The molecule has 1 N–H and O–H groups in total. The molecule has 0 radical (unpaired) electrons. The first-order chi connectivity index (χ1) is 14.0. The molecule has 3 aromatic rings. The lowest BCUT2D eigenvalue weighted by atomic mass is 10.2. The maximum Gasteiger partial charge on any atom is 0.387 e.